The quantitative estimate of drug-likeness (QED) is 0.0703. The number of hydrogen-bond acceptors (Lipinski definition) is 11. The molecule has 280 valence electrons. The normalized spacial score (nSPS) is 13.6. The van der Waals surface area contributed by atoms with Crippen LogP contribution in [0.15, 0.2) is 82.8 Å². The summed E-state index contributed by atoms with van der Waals surface area (Å²) in [4.78, 5) is 14.1. The molecule has 1 aliphatic rings. The number of ether oxygens (including phenoxy) is 7. The highest BCUT2D eigenvalue weighted by atomic mass is 35.5. The monoisotopic (exact) mass is 764 g/mol. The Balaban J connectivity index is 0.00000702. The number of rotatable bonds is 27. The van der Waals surface area contributed by atoms with Gasteiger partial charge in [0.15, 0.2) is 6.54 Å². The van der Waals surface area contributed by atoms with Gasteiger partial charge in [-0.05, 0) is 24.3 Å². The van der Waals surface area contributed by atoms with Gasteiger partial charge in [0.1, 0.15) is 11.3 Å². The average Bonchev–Trinajstić information content (AvgIpc) is 3.66. The van der Waals surface area contributed by atoms with Gasteiger partial charge in [-0.15, -0.1) is 0 Å². The summed E-state index contributed by atoms with van der Waals surface area (Å²) in [6, 6.07) is 16.8. The molecule has 51 heavy (non-hydrogen) atoms. The van der Waals surface area contributed by atoms with Gasteiger partial charge in [-0.2, -0.15) is 4.57 Å². The lowest BCUT2D eigenvalue weighted by Gasteiger charge is -2.20. The van der Waals surface area contributed by atoms with Crippen molar-refractivity contribution in [1.29, 1.82) is 0 Å². The van der Waals surface area contributed by atoms with Gasteiger partial charge in [0, 0.05) is 30.7 Å². The van der Waals surface area contributed by atoms with Gasteiger partial charge in [-0.25, -0.2) is 0 Å². The number of nitrogens with zero attached hydrogens (tertiary/aromatic N) is 2. The van der Waals surface area contributed by atoms with Crippen LogP contribution in [-0.2, 0) is 44.5 Å². The van der Waals surface area contributed by atoms with E-state index in [2.05, 4.69) is 88.4 Å². The Kier molecular flexibility index (Phi) is 21.7. The van der Waals surface area contributed by atoms with Crippen LogP contribution in [0.3, 0.4) is 0 Å². The fourth-order valence-corrected chi connectivity index (χ4v) is 7.05. The van der Waals surface area contributed by atoms with Crippen molar-refractivity contribution >= 4 is 51.0 Å². The van der Waals surface area contributed by atoms with E-state index in [9.17, 15) is 4.79 Å². The van der Waals surface area contributed by atoms with Gasteiger partial charge in [0.25, 0.3) is 5.01 Å². The van der Waals surface area contributed by atoms with Crippen LogP contribution in [0.5, 0.6) is 0 Å². The van der Waals surface area contributed by atoms with E-state index in [1.54, 1.807) is 30.2 Å². The number of aromatic nitrogens is 1. The number of methoxy groups -OCH3 is 1. The number of anilines is 1. The number of halogens is 1. The molecule has 0 unspecified atom stereocenters. The van der Waals surface area contributed by atoms with Crippen LogP contribution in [0, 0.1) is 0 Å². The van der Waals surface area contributed by atoms with Crippen LogP contribution in [0.2, 0.25) is 0 Å². The second-order valence-corrected chi connectivity index (χ2v) is 13.0. The van der Waals surface area contributed by atoms with Crippen molar-refractivity contribution in [1.82, 2.24) is 0 Å². The lowest BCUT2D eigenvalue weighted by atomic mass is 10.3. The van der Waals surface area contributed by atoms with Crippen LogP contribution in [0.4, 0.5) is 5.69 Å². The molecule has 3 aromatic rings. The molecule has 0 bridgehead atoms. The first-order valence-corrected chi connectivity index (χ1v) is 18.5. The number of hydrogen-bond donors (Lipinski definition) is 1. The van der Waals surface area contributed by atoms with Crippen LogP contribution >= 0.6 is 23.1 Å². The summed E-state index contributed by atoms with van der Waals surface area (Å²) in [5, 5.41) is 10.9. The SMILES string of the molecule is COCCOCCOCCOCCN1\C(=C/C=C/C=C/c2sc3ccccc3[n+]2CCOCCOCCOCCC(=O)O)Sc2ccccc21.[Cl-]. The maximum absolute atomic E-state index is 10.5. The Labute approximate surface area is 315 Å². The van der Waals surface area contributed by atoms with Crippen molar-refractivity contribution in [3.05, 3.63) is 82.9 Å². The molecule has 1 aliphatic heterocycles. The zero-order chi connectivity index (χ0) is 35.1. The Bertz CT molecular complexity index is 1520. The molecule has 0 atom stereocenters. The fraction of sp³-hybridized carbons (Fsp3) is 0.459. The number of thioether (sulfide) groups is 1. The summed E-state index contributed by atoms with van der Waals surface area (Å²) in [6.07, 6.45) is 10.5. The van der Waals surface area contributed by atoms with E-state index in [0.29, 0.717) is 79.3 Å². The summed E-state index contributed by atoms with van der Waals surface area (Å²) >= 11 is 3.52. The van der Waals surface area contributed by atoms with Crippen molar-refractivity contribution < 1.29 is 60.0 Å². The second kappa shape index (κ2) is 26.0. The van der Waals surface area contributed by atoms with Crippen LogP contribution in [0.25, 0.3) is 16.3 Å². The zero-order valence-electron chi connectivity index (χ0n) is 29.1. The minimum absolute atomic E-state index is 0. The predicted molar refractivity (Wildman–Crippen MR) is 197 cm³/mol. The molecule has 0 saturated carbocycles. The highest BCUT2D eigenvalue weighted by molar-refractivity contribution is 8.03. The topological polar surface area (TPSA) is 109 Å². The third-order valence-corrected chi connectivity index (χ3v) is 9.53. The number of allylic oxidation sites excluding steroid dienone is 4. The number of carboxylic acids is 1. The minimum Gasteiger partial charge on any atom is -1.00 e. The third-order valence-electron chi connectivity index (χ3n) is 7.27. The molecule has 0 radical (unpaired) electrons. The van der Waals surface area contributed by atoms with E-state index in [0.717, 1.165) is 23.1 Å². The molecule has 0 aliphatic carbocycles. The Morgan fingerprint density at radius 1 is 0.745 bits per heavy atom. The van der Waals surface area contributed by atoms with Gasteiger partial charge >= 0.3 is 5.97 Å². The lowest BCUT2D eigenvalue weighted by molar-refractivity contribution is -0.670. The van der Waals surface area contributed by atoms with E-state index in [-0.39, 0.29) is 25.4 Å². The Hall–Kier alpha value is -2.82. The van der Waals surface area contributed by atoms with Crippen molar-refractivity contribution in [2.75, 3.05) is 104 Å². The zero-order valence-corrected chi connectivity index (χ0v) is 31.5. The number of benzene rings is 2. The smallest absolute Gasteiger partial charge is 0.305 e. The molecule has 2 aromatic carbocycles. The Morgan fingerprint density at radius 2 is 1.35 bits per heavy atom. The molecule has 0 saturated heterocycles. The van der Waals surface area contributed by atoms with Gasteiger partial charge in [0.05, 0.1) is 96.4 Å². The summed E-state index contributed by atoms with van der Waals surface area (Å²) in [5.74, 6) is -0.867. The molecule has 2 heterocycles. The van der Waals surface area contributed by atoms with Gasteiger partial charge < -0.3 is 55.6 Å². The second-order valence-electron chi connectivity index (χ2n) is 10.8. The molecular weight excluding hydrogens is 716 g/mol. The van der Waals surface area contributed by atoms with Crippen molar-refractivity contribution in [2.45, 2.75) is 17.9 Å². The third kappa shape index (κ3) is 15.8. The number of aliphatic carboxylic acids is 1. The molecule has 1 N–H and O–H groups in total. The van der Waals surface area contributed by atoms with Crippen LogP contribution in [0.1, 0.15) is 11.4 Å². The first kappa shape index (κ1) is 42.6. The number of carboxylic acid groups (broad SMARTS) is 1. The van der Waals surface area contributed by atoms with Crippen molar-refractivity contribution in [3.8, 4) is 0 Å². The number of para-hydroxylation sites is 2. The minimum atomic E-state index is -0.867. The predicted octanol–water partition coefficient (Wildman–Crippen LogP) is 2.44. The van der Waals surface area contributed by atoms with Gasteiger partial charge in [-0.3, -0.25) is 4.79 Å². The van der Waals surface area contributed by atoms with E-state index < -0.39 is 5.97 Å². The molecule has 1 aromatic heterocycles. The lowest BCUT2D eigenvalue weighted by Crippen LogP contribution is -3.00. The maximum Gasteiger partial charge on any atom is 0.305 e. The molecule has 11 nitrogen and oxygen atoms in total. The van der Waals surface area contributed by atoms with E-state index in [1.807, 2.05) is 0 Å². The summed E-state index contributed by atoms with van der Waals surface area (Å²) < 4.78 is 41.9. The van der Waals surface area contributed by atoms with Gasteiger partial charge in [-0.1, -0.05) is 65.6 Å². The Morgan fingerprint density at radius 3 is 2.06 bits per heavy atom. The number of thiazole rings is 1. The number of carbonyl (C=O) groups is 1. The van der Waals surface area contributed by atoms with Crippen molar-refractivity contribution in [3.63, 3.8) is 0 Å². The molecule has 4 rings (SSSR count). The molecule has 0 fully saturated rings. The van der Waals surface area contributed by atoms with E-state index >= 15 is 0 Å². The molecular formula is C37H49ClN2O9S2. The summed E-state index contributed by atoms with van der Waals surface area (Å²) in [7, 11) is 1.66. The molecule has 0 amide bonds. The fourth-order valence-electron chi connectivity index (χ4n) is 4.85. The van der Waals surface area contributed by atoms with Crippen LogP contribution in [-0.4, -0.2) is 111 Å². The largest absolute Gasteiger partial charge is 1.00 e. The summed E-state index contributed by atoms with van der Waals surface area (Å²) in [6.45, 7) is 7.87. The van der Waals surface area contributed by atoms with E-state index in [1.165, 1.54) is 20.8 Å². The van der Waals surface area contributed by atoms with Gasteiger partial charge in [0.2, 0.25) is 5.52 Å². The highest BCUT2D eigenvalue weighted by Gasteiger charge is 2.24. The van der Waals surface area contributed by atoms with Crippen molar-refractivity contribution in [2.24, 2.45) is 0 Å². The van der Waals surface area contributed by atoms with E-state index in [4.69, 9.17) is 38.3 Å². The summed E-state index contributed by atoms with van der Waals surface area (Å²) in [5.41, 5.74) is 2.38. The first-order valence-electron chi connectivity index (χ1n) is 16.9. The highest BCUT2D eigenvalue weighted by Crippen LogP contribution is 2.45. The first-order chi connectivity index (χ1) is 24.7. The number of fused-ring (bicyclic) bond motifs is 2. The standard InChI is InChI=1S/C37H48N2O9S2.ClH/c1-42-21-22-46-29-30-48-28-25-45-20-17-39-32-10-6-8-12-34(32)50-36(39)14-4-2-3-13-35-38(31-9-5-7-11-33(31)49-35)16-19-44-24-27-47-26-23-43-18-15-37(40)41;/h2-14H,15-30H2,1H3;1H. The maximum atomic E-state index is 10.5. The van der Waals surface area contributed by atoms with Crippen LogP contribution < -0.4 is 21.9 Å². The molecule has 0 spiro atoms. The average molecular weight is 765 g/mol. The molecule has 14 heteroatoms.